The summed E-state index contributed by atoms with van der Waals surface area (Å²) in [5.74, 6) is -0.590. The number of benzene rings is 3. The van der Waals surface area contributed by atoms with Crippen molar-refractivity contribution in [3.8, 4) is 5.75 Å². The molecule has 0 aromatic heterocycles. The number of Topliss-reactive ketones (excluding diaryl/α,β-unsaturated/α-hetero) is 1. The van der Waals surface area contributed by atoms with Crippen molar-refractivity contribution in [3.05, 3.63) is 95.3 Å². The summed E-state index contributed by atoms with van der Waals surface area (Å²) in [5, 5.41) is 2.64. The second-order valence-electron chi connectivity index (χ2n) is 6.74. The van der Waals surface area contributed by atoms with Crippen LogP contribution in [0.25, 0.3) is 0 Å². The average Bonchev–Trinajstić information content (AvgIpc) is 2.74. The van der Waals surface area contributed by atoms with Gasteiger partial charge in [-0.3, -0.25) is 14.4 Å². The van der Waals surface area contributed by atoms with E-state index < -0.39 is 11.9 Å². The van der Waals surface area contributed by atoms with Crippen LogP contribution in [0.15, 0.2) is 72.8 Å². The first kappa shape index (κ1) is 20.9. The van der Waals surface area contributed by atoms with E-state index in [9.17, 15) is 18.8 Å². The largest absolute Gasteiger partial charge is 0.483 e. The van der Waals surface area contributed by atoms with Crippen molar-refractivity contribution in [3.63, 3.8) is 0 Å². The topological polar surface area (TPSA) is 72.5 Å². The molecule has 30 heavy (non-hydrogen) atoms. The number of ether oxygens (including phenoxy) is 1. The van der Waals surface area contributed by atoms with Crippen molar-refractivity contribution in [2.75, 3.05) is 5.32 Å². The van der Waals surface area contributed by atoms with Crippen LogP contribution in [-0.2, 0) is 4.79 Å². The van der Waals surface area contributed by atoms with Gasteiger partial charge in [0.15, 0.2) is 11.9 Å². The number of carbonyl (C=O) groups is 3. The van der Waals surface area contributed by atoms with E-state index in [1.165, 1.54) is 31.2 Å². The molecule has 0 bridgehead atoms. The summed E-state index contributed by atoms with van der Waals surface area (Å²) in [5.41, 5.74) is 1.88. The Bertz CT molecular complexity index is 1060. The maximum atomic E-state index is 13.0. The van der Waals surface area contributed by atoms with E-state index in [-0.39, 0.29) is 17.5 Å². The van der Waals surface area contributed by atoms with Crippen molar-refractivity contribution in [2.24, 2.45) is 0 Å². The van der Waals surface area contributed by atoms with Crippen molar-refractivity contribution >= 4 is 23.2 Å². The highest BCUT2D eigenvalue weighted by Crippen LogP contribution is 2.19. The van der Waals surface area contributed by atoms with Gasteiger partial charge in [-0.2, -0.15) is 0 Å². The third-order valence-corrected chi connectivity index (χ3v) is 4.39. The molecule has 0 saturated carbocycles. The van der Waals surface area contributed by atoms with Crippen LogP contribution in [0.5, 0.6) is 5.75 Å². The summed E-state index contributed by atoms with van der Waals surface area (Å²) in [6.07, 6.45) is -0.740. The van der Waals surface area contributed by atoms with Gasteiger partial charge in [0, 0.05) is 29.3 Å². The van der Waals surface area contributed by atoms with Gasteiger partial charge in [0.1, 0.15) is 11.6 Å². The minimum Gasteiger partial charge on any atom is -0.483 e. The monoisotopic (exact) mass is 405 g/mol. The highest BCUT2D eigenvalue weighted by molar-refractivity contribution is 6.09. The van der Waals surface area contributed by atoms with Gasteiger partial charge in [-0.1, -0.05) is 0 Å². The number of hydrogen-bond acceptors (Lipinski definition) is 4. The molecule has 0 aliphatic heterocycles. The van der Waals surface area contributed by atoms with Gasteiger partial charge in [-0.25, -0.2) is 4.39 Å². The number of anilines is 1. The van der Waals surface area contributed by atoms with E-state index >= 15 is 0 Å². The SMILES string of the molecule is CC(=O)Nc1ccc(C(=O)C(C)Oc2ccc(C(=O)c3ccc(F)cc3)cc2)cc1. The van der Waals surface area contributed by atoms with Crippen molar-refractivity contribution < 1.29 is 23.5 Å². The molecule has 0 radical (unpaired) electrons. The Morgan fingerprint density at radius 3 is 1.83 bits per heavy atom. The van der Waals surface area contributed by atoms with Gasteiger partial charge < -0.3 is 10.1 Å². The normalized spacial score (nSPS) is 11.4. The summed E-state index contributed by atoms with van der Waals surface area (Å²) in [7, 11) is 0. The van der Waals surface area contributed by atoms with E-state index in [2.05, 4.69) is 5.32 Å². The van der Waals surface area contributed by atoms with Crippen LogP contribution in [0.4, 0.5) is 10.1 Å². The molecule has 0 aliphatic rings. The highest BCUT2D eigenvalue weighted by Gasteiger charge is 2.17. The van der Waals surface area contributed by atoms with E-state index in [1.54, 1.807) is 55.5 Å². The van der Waals surface area contributed by atoms with Gasteiger partial charge in [0.05, 0.1) is 0 Å². The van der Waals surface area contributed by atoms with Crippen LogP contribution in [0, 0.1) is 5.82 Å². The van der Waals surface area contributed by atoms with E-state index in [4.69, 9.17) is 4.74 Å². The molecule has 1 amide bonds. The zero-order chi connectivity index (χ0) is 21.7. The van der Waals surface area contributed by atoms with Gasteiger partial charge >= 0.3 is 0 Å². The predicted octanol–water partition coefficient (Wildman–Crippen LogP) is 4.67. The van der Waals surface area contributed by atoms with Crippen LogP contribution in [0.1, 0.15) is 40.1 Å². The summed E-state index contributed by atoms with van der Waals surface area (Å²) in [6, 6.07) is 18.3. The molecule has 3 aromatic carbocycles. The first-order chi connectivity index (χ1) is 14.3. The average molecular weight is 405 g/mol. The smallest absolute Gasteiger partial charge is 0.221 e. The van der Waals surface area contributed by atoms with Crippen molar-refractivity contribution in [1.82, 2.24) is 0 Å². The molecule has 1 unspecified atom stereocenters. The lowest BCUT2D eigenvalue weighted by Crippen LogP contribution is -2.24. The fraction of sp³-hybridized carbons (Fsp3) is 0.125. The van der Waals surface area contributed by atoms with Crippen molar-refractivity contribution in [2.45, 2.75) is 20.0 Å². The van der Waals surface area contributed by atoms with Gasteiger partial charge in [0.2, 0.25) is 11.7 Å². The summed E-state index contributed by atoms with van der Waals surface area (Å²) in [4.78, 5) is 36.1. The van der Waals surface area contributed by atoms with E-state index in [1.807, 2.05) is 0 Å². The van der Waals surface area contributed by atoms with Gasteiger partial charge in [-0.15, -0.1) is 0 Å². The summed E-state index contributed by atoms with van der Waals surface area (Å²) >= 11 is 0. The Labute approximate surface area is 173 Å². The van der Waals surface area contributed by atoms with Crippen LogP contribution in [0.2, 0.25) is 0 Å². The van der Waals surface area contributed by atoms with E-state index in [0.29, 0.717) is 28.1 Å². The molecular weight excluding hydrogens is 385 g/mol. The lowest BCUT2D eigenvalue weighted by Gasteiger charge is -2.14. The number of halogens is 1. The fourth-order valence-corrected chi connectivity index (χ4v) is 2.87. The minimum atomic E-state index is -0.740. The maximum absolute atomic E-state index is 13.0. The van der Waals surface area contributed by atoms with Crippen LogP contribution < -0.4 is 10.1 Å². The number of carbonyl (C=O) groups excluding carboxylic acids is 3. The maximum Gasteiger partial charge on any atom is 0.221 e. The second-order valence-corrected chi connectivity index (χ2v) is 6.74. The van der Waals surface area contributed by atoms with Crippen LogP contribution in [0.3, 0.4) is 0 Å². The van der Waals surface area contributed by atoms with Crippen LogP contribution in [-0.4, -0.2) is 23.6 Å². The molecule has 1 atom stereocenters. The van der Waals surface area contributed by atoms with Gasteiger partial charge in [-0.05, 0) is 79.7 Å². The number of ketones is 2. The van der Waals surface area contributed by atoms with Crippen molar-refractivity contribution in [1.29, 1.82) is 0 Å². The molecule has 5 nitrogen and oxygen atoms in total. The zero-order valence-corrected chi connectivity index (χ0v) is 16.5. The molecule has 0 aliphatic carbocycles. The molecule has 6 heteroatoms. The molecule has 3 aromatic rings. The molecule has 1 N–H and O–H groups in total. The Kier molecular flexibility index (Phi) is 6.37. The Morgan fingerprint density at radius 2 is 1.30 bits per heavy atom. The number of rotatable bonds is 7. The molecule has 0 spiro atoms. The summed E-state index contributed by atoms with van der Waals surface area (Å²) in [6.45, 7) is 3.05. The lowest BCUT2D eigenvalue weighted by molar-refractivity contribution is -0.114. The fourth-order valence-electron chi connectivity index (χ4n) is 2.87. The molecule has 0 fully saturated rings. The van der Waals surface area contributed by atoms with Crippen LogP contribution >= 0.6 is 0 Å². The Morgan fingerprint density at radius 1 is 0.800 bits per heavy atom. The third-order valence-electron chi connectivity index (χ3n) is 4.39. The molecular formula is C24H20FNO4. The molecule has 0 saturated heterocycles. The first-order valence-electron chi connectivity index (χ1n) is 9.32. The number of nitrogens with one attached hydrogen (secondary N) is 1. The molecule has 3 rings (SSSR count). The third kappa shape index (κ3) is 5.17. The van der Waals surface area contributed by atoms with E-state index in [0.717, 1.165) is 0 Å². The highest BCUT2D eigenvalue weighted by atomic mass is 19.1. The second kappa shape index (κ2) is 9.13. The zero-order valence-electron chi connectivity index (χ0n) is 16.5. The molecule has 0 heterocycles. The predicted molar refractivity (Wildman–Crippen MR) is 111 cm³/mol. The minimum absolute atomic E-state index is 0.188. The Balaban J connectivity index is 1.64. The Hall–Kier alpha value is -3.80. The standard InChI is InChI=1S/C24H20FNO4/c1-15(23(28)17-5-11-21(12-6-17)26-16(2)27)30-22-13-7-19(8-14-22)24(29)18-3-9-20(25)10-4-18/h3-15H,1-2H3,(H,26,27). The van der Waals surface area contributed by atoms with Gasteiger partial charge in [0.25, 0.3) is 0 Å². The molecule has 152 valence electrons. The quantitative estimate of drug-likeness (QED) is 0.580. The lowest BCUT2D eigenvalue weighted by atomic mass is 10.0. The first-order valence-corrected chi connectivity index (χ1v) is 9.32. The number of amides is 1. The number of hydrogen-bond donors (Lipinski definition) is 1. The summed E-state index contributed by atoms with van der Waals surface area (Å²) < 4.78 is 18.7.